The number of carbonyl (C=O) groups is 1. The van der Waals surface area contributed by atoms with Gasteiger partial charge in [0, 0.05) is 16.6 Å². The molecule has 2 N–H and O–H groups in total. The van der Waals surface area contributed by atoms with Crippen molar-refractivity contribution >= 4 is 21.8 Å². The second kappa shape index (κ2) is 6.27. The predicted octanol–water partition coefficient (Wildman–Crippen LogP) is 3.43. The number of halogens is 1. The van der Waals surface area contributed by atoms with Gasteiger partial charge in [-0.15, -0.1) is 0 Å². The van der Waals surface area contributed by atoms with Crippen molar-refractivity contribution in [1.82, 2.24) is 5.32 Å². The number of aliphatic hydroxyl groups is 1. The third-order valence-electron chi connectivity index (χ3n) is 4.22. The van der Waals surface area contributed by atoms with E-state index in [1.807, 2.05) is 25.1 Å². The molecular formula is C16H22BrNO2. The fourth-order valence-corrected chi connectivity index (χ4v) is 2.94. The second-order valence-corrected chi connectivity index (χ2v) is 6.91. The lowest BCUT2D eigenvalue weighted by Crippen LogP contribution is -2.45. The van der Waals surface area contributed by atoms with Gasteiger partial charge in [-0.1, -0.05) is 28.9 Å². The van der Waals surface area contributed by atoms with Gasteiger partial charge < -0.3 is 10.4 Å². The molecule has 0 atom stereocenters. The molecule has 1 fully saturated rings. The van der Waals surface area contributed by atoms with Crippen LogP contribution in [0.5, 0.6) is 0 Å². The lowest BCUT2D eigenvalue weighted by atomic mass is 9.79. The molecule has 0 saturated heterocycles. The molecule has 1 aromatic carbocycles. The number of benzene rings is 1. The zero-order valence-corrected chi connectivity index (χ0v) is 13.7. The number of nitrogens with one attached hydrogen (secondary N) is 1. The van der Waals surface area contributed by atoms with Gasteiger partial charge in [0.1, 0.15) is 0 Å². The summed E-state index contributed by atoms with van der Waals surface area (Å²) in [5.74, 6) is 0.553. The van der Waals surface area contributed by atoms with Crippen molar-refractivity contribution in [3.05, 3.63) is 33.8 Å². The van der Waals surface area contributed by atoms with Gasteiger partial charge in [0.25, 0.3) is 5.91 Å². The first kappa shape index (κ1) is 15.5. The fourth-order valence-electron chi connectivity index (χ4n) is 2.56. The number of carbonyl (C=O) groups excluding carboxylic acids is 1. The summed E-state index contributed by atoms with van der Waals surface area (Å²) < 4.78 is 0.926. The molecule has 1 aliphatic carbocycles. The lowest BCUT2D eigenvalue weighted by molar-refractivity contribution is -0.00540. The minimum atomic E-state index is -0.732. The first-order valence-electron chi connectivity index (χ1n) is 7.16. The average Bonchev–Trinajstić information content (AvgIpc) is 2.43. The molecule has 1 aromatic rings. The maximum Gasteiger partial charge on any atom is 0.251 e. The van der Waals surface area contributed by atoms with Crippen LogP contribution in [0.4, 0.5) is 0 Å². The summed E-state index contributed by atoms with van der Waals surface area (Å²) in [5, 5.41) is 13.3. The first-order valence-corrected chi connectivity index (χ1v) is 7.96. The number of amides is 1. The van der Waals surface area contributed by atoms with Crippen LogP contribution in [0.25, 0.3) is 0 Å². The molecule has 110 valence electrons. The van der Waals surface area contributed by atoms with Crippen LogP contribution in [0.1, 0.15) is 48.5 Å². The normalized spacial score (nSPS) is 26.3. The summed E-state index contributed by atoms with van der Waals surface area (Å²) in [6.07, 6.45) is 3.60. The summed E-state index contributed by atoms with van der Waals surface area (Å²) in [6, 6.07) is 5.54. The topological polar surface area (TPSA) is 49.3 Å². The molecule has 20 heavy (non-hydrogen) atoms. The van der Waals surface area contributed by atoms with Crippen LogP contribution in [0.2, 0.25) is 0 Å². The number of hydrogen-bond donors (Lipinski definition) is 2. The van der Waals surface area contributed by atoms with E-state index in [4.69, 9.17) is 0 Å². The summed E-state index contributed by atoms with van der Waals surface area (Å²) >= 11 is 3.43. The van der Waals surface area contributed by atoms with E-state index in [2.05, 4.69) is 28.2 Å². The summed E-state index contributed by atoms with van der Waals surface area (Å²) in [4.78, 5) is 12.1. The van der Waals surface area contributed by atoms with Gasteiger partial charge in [-0.3, -0.25) is 4.79 Å². The van der Waals surface area contributed by atoms with E-state index in [0.29, 0.717) is 18.0 Å². The summed E-state index contributed by atoms with van der Waals surface area (Å²) in [6.45, 7) is 4.53. The van der Waals surface area contributed by atoms with Crippen molar-refractivity contribution in [2.24, 2.45) is 5.92 Å². The van der Waals surface area contributed by atoms with Crippen LogP contribution in [0.15, 0.2) is 22.7 Å². The molecule has 1 saturated carbocycles. The lowest BCUT2D eigenvalue weighted by Gasteiger charge is -2.34. The molecule has 0 spiro atoms. The van der Waals surface area contributed by atoms with Crippen molar-refractivity contribution in [2.75, 3.05) is 6.54 Å². The Hall–Kier alpha value is -0.870. The Bertz CT molecular complexity index is 493. The highest BCUT2D eigenvalue weighted by Gasteiger charge is 2.32. The monoisotopic (exact) mass is 339 g/mol. The SMILES string of the molecule is Cc1ccc(C(=O)NCC2(O)CCC(C)CC2)cc1Br. The third kappa shape index (κ3) is 3.83. The predicted molar refractivity (Wildman–Crippen MR) is 83.8 cm³/mol. The van der Waals surface area contributed by atoms with Crippen LogP contribution in [0.3, 0.4) is 0 Å². The minimum absolute atomic E-state index is 0.127. The zero-order valence-electron chi connectivity index (χ0n) is 12.1. The van der Waals surface area contributed by atoms with Crippen molar-refractivity contribution in [3.8, 4) is 0 Å². The van der Waals surface area contributed by atoms with Gasteiger partial charge in [0.05, 0.1) is 5.60 Å². The fraction of sp³-hybridized carbons (Fsp3) is 0.562. The number of aryl methyl sites for hydroxylation is 1. The largest absolute Gasteiger partial charge is 0.388 e. The van der Waals surface area contributed by atoms with Gasteiger partial charge in [-0.05, 0) is 56.2 Å². The quantitative estimate of drug-likeness (QED) is 0.886. The Morgan fingerprint density at radius 2 is 2.10 bits per heavy atom. The van der Waals surface area contributed by atoms with E-state index in [-0.39, 0.29) is 5.91 Å². The third-order valence-corrected chi connectivity index (χ3v) is 5.07. The first-order chi connectivity index (χ1) is 9.39. The summed E-state index contributed by atoms with van der Waals surface area (Å²) in [7, 11) is 0. The maximum atomic E-state index is 12.1. The molecule has 0 radical (unpaired) electrons. The van der Waals surface area contributed by atoms with E-state index in [1.165, 1.54) is 0 Å². The maximum absolute atomic E-state index is 12.1. The molecule has 0 bridgehead atoms. The molecule has 0 unspecified atom stereocenters. The Balaban J connectivity index is 1.93. The molecule has 4 heteroatoms. The van der Waals surface area contributed by atoms with E-state index < -0.39 is 5.60 Å². The Morgan fingerprint density at radius 1 is 1.45 bits per heavy atom. The van der Waals surface area contributed by atoms with Crippen molar-refractivity contribution in [2.45, 2.75) is 45.1 Å². The molecular weight excluding hydrogens is 318 g/mol. The van der Waals surface area contributed by atoms with Gasteiger partial charge >= 0.3 is 0 Å². The van der Waals surface area contributed by atoms with Gasteiger partial charge in [0.2, 0.25) is 0 Å². The number of hydrogen-bond acceptors (Lipinski definition) is 2. The van der Waals surface area contributed by atoms with Crippen molar-refractivity contribution in [3.63, 3.8) is 0 Å². The minimum Gasteiger partial charge on any atom is -0.388 e. The van der Waals surface area contributed by atoms with E-state index >= 15 is 0 Å². The summed E-state index contributed by atoms with van der Waals surface area (Å²) in [5.41, 5.74) is 0.987. The van der Waals surface area contributed by atoms with E-state index in [1.54, 1.807) is 0 Å². The standard InChI is InChI=1S/C16H22BrNO2/c1-11-5-7-16(20,8-6-11)10-18-15(19)13-4-3-12(2)14(17)9-13/h3-4,9,11,20H,5-8,10H2,1-2H3,(H,18,19). The van der Waals surface area contributed by atoms with Crippen molar-refractivity contribution in [1.29, 1.82) is 0 Å². The van der Waals surface area contributed by atoms with Crippen LogP contribution in [0, 0.1) is 12.8 Å². The van der Waals surface area contributed by atoms with Crippen LogP contribution in [-0.2, 0) is 0 Å². The van der Waals surface area contributed by atoms with Gasteiger partial charge in [-0.2, -0.15) is 0 Å². The molecule has 1 amide bonds. The molecule has 0 heterocycles. The van der Waals surface area contributed by atoms with E-state index in [9.17, 15) is 9.90 Å². The zero-order chi connectivity index (χ0) is 14.8. The smallest absolute Gasteiger partial charge is 0.251 e. The van der Waals surface area contributed by atoms with Gasteiger partial charge in [0.15, 0.2) is 0 Å². The average molecular weight is 340 g/mol. The van der Waals surface area contributed by atoms with Crippen LogP contribution >= 0.6 is 15.9 Å². The van der Waals surface area contributed by atoms with Crippen LogP contribution < -0.4 is 5.32 Å². The molecule has 3 nitrogen and oxygen atoms in total. The highest BCUT2D eigenvalue weighted by Crippen LogP contribution is 2.31. The number of rotatable bonds is 3. The Kier molecular flexibility index (Phi) is 4.86. The Morgan fingerprint density at radius 3 is 2.70 bits per heavy atom. The van der Waals surface area contributed by atoms with Crippen molar-refractivity contribution < 1.29 is 9.90 Å². The Labute approximate surface area is 128 Å². The molecule has 0 aromatic heterocycles. The highest BCUT2D eigenvalue weighted by molar-refractivity contribution is 9.10. The van der Waals surface area contributed by atoms with Crippen LogP contribution in [-0.4, -0.2) is 23.2 Å². The molecule has 2 rings (SSSR count). The highest BCUT2D eigenvalue weighted by atomic mass is 79.9. The second-order valence-electron chi connectivity index (χ2n) is 6.05. The molecule has 0 aliphatic heterocycles. The molecule has 1 aliphatic rings. The van der Waals surface area contributed by atoms with E-state index in [0.717, 1.165) is 35.7 Å². The van der Waals surface area contributed by atoms with Gasteiger partial charge in [-0.25, -0.2) is 0 Å².